The number of rotatable bonds is 7. The van der Waals surface area contributed by atoms with Crippen LogP contribution in [0.5, 0.6) is 17.2 Å². The van der Waals surface area contributed by atoms with Crippen molar-refractivity contribution in [2.24, 2.45) is 5.92 Å². The number of phenolic OH excluding ortho intramolecular Hbond substituents is 1. The van der Waals surface area contributed by atoms with E-state index in [1.54, 1.807) is 48.5 Å². The van der Waals surface area contributed by atoms with Crippen molar-refractivity contribution in [3.05, 3.63) is 138 Å². The first-order valence-corrected chi connectivity index (χ1v) is 17.8. The third kappa shape index (κ3) is 5.41. The van der Waals surface area contributed by atoms with E-state index in [2.05, 4.69) is 10.4 Å². The molecular weight excluding hydrogens is 780 g/mol. The van der Waals surface area contributed by atoms with Crippen LogP contribution in [0.15, 0.2) is 100 Å². The second-order valence-corrected chi connectivity index (χ2v) is 14.2. The molecule has 0 radical (unpaired) electrons. The largest absolute Gasteiger partial charge is 0.507 e. The Morgan fingerprint density at radius 1 is 0.946 bits per heavy atom. The number of aromatic hydroxyl groups is 1. The third-order valence-electron chi connectivity index (χ3n) is 10.7. The molecule has 3 aromatic carbocycles. The second kappa shape index (κ2) is 13.3. The Bertz CT molecular complexity index is 2590. The molecule has 1 aliphatic carbocycles. The maximum atomic E-state index is 15.4. The first-order chi connectivity index (χ1) is 26.7. The summed E-state index contributed by atoms with van der Waals surface area (Å²) in [7, 11) is 2.72. The van der Waals surface area contributed by atoms with Crippen molar-refractivity contribution in [3.63, 3.8) is 0 Å². The standard InChI is InChI=1S/C38H29Cl2F3N6O7/c1-55-23-15-28(50)30(29(16-23)56-2)31-24-12-13-46-35(53)47(22-6-4-3-5-7-22)36(54)49(46)27(24)17-25-33(51)48(34(52)37(25,31)19-8-10-21(39)11-9-19)45-32-26(40)14-20(18-44-32)38(41,42)43/h3-12,14-16,18,25,27,31,50H,13,17H2,1-2H3,(H,44,45)/t25-,27+,31+,37+/m0/s1. The number of methoxy groups -OCH3 is 2. The number of carbonyl (C=O) groups is 2. The van der Waals surface area contributed by atoms with E-state index in [0.717, 1.165) is 4.57 Å². The van der Waals surface area contributed by atoms with Crippen LogP contribution in [0.1, 0.15) is 35.1 Å². The van der Waals surface area contributed by atoms with Crippen molar-refractivity contribution in [2.75, 3.05) is 19.6 Å². The number of alkyl halides is 3. The first-order valence-electron chi connectivity index (χ1n) is 17.0. The fourth-order valence-electron chi connectivity index (χ4n) is 8.32. The molecule has 2 aromatic heterocycles. The highest BCUT2D eigenvalue weighted by atomic mass is 35.5. The van der Waals surface area contributed by atoms with E-state index in [4.69, 9.17) is 32.7 Å². The van der Waals surface area contributed by atoms with Crippen LogP contribution in [0.3, 0.4) is 0 Å². The number of imide groups is 1. The number of amides is 2. The predicted molar refractivity (Wildman–Crippen MR) is 196 cm³/mol. The summed E-state index contributed by atoms with van der Waals surface area (Å²) in [6.07, 6.45) is -2.81. The van der Waals surface area contributed by atoms with Gasteiger partial charge in [0.2, 0.25) is 0 Å². The minimum Gasteiger partial charge on any atom is -0.507 e. The second-order valence-electron chi connectivity index (χ2n) is 13.4. The maximum Gasteiger partial charge on any atom is 0.417 e. The number of hydrogen-bond donors (Lipinski definition) is 2. The lowest BCUT2D eigenvalue weighted by Crippen LogP contribution is -2.53. The number of anilines is 1. The van der Waals surface area contributed by atoms with Gasteiger partial charge in [0.1, 0.15) is 17.2 Å². The molecular formula is C38H29Cl2F3N6O7. The van der Waals surface area contributed by atoms with E-state index in [-0.39, 0.29) is 41.3 Å². The van der Waals surface area contributed by atoms with E-state index >= 15 is 4.79 Å². The Balaban J connectivity index is 1.40. The first kappa shape index (κ1) is 36.9. The van der Waals surface area contributed by atoms with Gasteiger partial charge in [-0.3, -0.25) is 15.0 Å². The Morgan fingerprint density at radius 3 is 2.30 bits per heavy atom. The number of ether oxygens (including phenoxy) is 2. The monoisotopic (exact) mass is 808 g/mol. The highest BCUT2D eigenvalue weighted by Crippen LogP contribution is 2.64. The van der Waals surface area contributed by atoms with Gasteiger partial charge in [-0.1, -0.05) is 59.6 Å². The topological polar surface area (TPSA) is 150 Å². The SMILES string of the molecule is COc1cc(O)c([C@H]2C3=CCn4c(=O)n(-c5ccccc5)c(=O)n4[C@@H]3C[C@H]3C(=O)N(Nc4ncc(C(F)(F)F)cc4Cl)C(=O)[C@@]23c2ccc(Cl)cc2)c(OC)c1. The molecule has 56 heavy (non-hydrogen) atoms. The number of carbonyl (C=O) groups excluding carboxylic acids is 2. The molecule has 5 aromatic rings. The quantitative estimate of drug-likeness (QED) is 0.152. The van der Waals surface area contributed by atoms with Crippen LogP contribution >= 0.6 is 23.2 Å². The number of nitrogens with zero attached hydrogens (tertiary/aromatic N) is 5. The molecule has 0 bridgehead atoms. The van der Waals surface area contributed by atoms with E-state index in [1.807, 2.05) is 0 Å². The maximum absolute atomic E-state index is 15.4. The smallest absolute Gasteiger partial charge is 0.417 e. The number of para-hydroxylation sites is 1. The van der Waals surface area contributed by atoms with Crippen molar-refractivity contribution >= 4 is 40.8 Å². The van der Waals surface area contributed by atoms with E-state index in [0.29, 0.717) is 33.6 Å². The zero-order valence-electron chi connectivity index (χ0n) is 29.3. The molecule has 1 saturated carbocycles. The van der Waals surface area contributed by atoms with Crippen molar-refractivity contribution in [2.45, 2.75) is 36.5 Å². The van der Waals surface area contributed by atoms with Gasteiger partial charge in [-0.05, 0) is 47.9 Å². The molecule has 2 aliphatic heterocycles. The van der Waals surface area contributed by atoms with Gasteiger partial charge in [-0.15, -0.1) is 0 Å². The summed E-state index contributed by atoms with van der Waals surface area (Å²) in [4.78, 5) is 62.3. The van der Waals surface area contributed by atoms with Crippen molar-refractivity contribution < 1.29 is 37.3 Å². The van der Waals surface area contributed by atoms with Crippen molar-refractivity contribution in [3.8, 4) is 22.9 Å². The number of benzene rings is 3. The Kier molecular flexibility index (Phi) is 8.80. The van der Waals surface area contributed by atoms with Gasteiger partial charge >= 0.3 is 17.6 Å². The van der Waals surface area contributed by atoms with Crippen LogP contribution in [0, 0.1) is 5.92 Å². The third-order valence-corrected chi connectivity index (χ3v) is 11.2. The number of aromatic nitrogens is 4. The van der Waals surface area contributed by atoms with Crippen LogP contribution in [0.2, 0.25) is 10.0 Å². The number of allylic oxidation sites excluding steroid dienone is 2. The molecule has 4 atom stereocenters. The van der Waals surface area contributed by atoms with E-state index in [1.165, 1.54) is 47.8 Å². The highest BCUT2D eigenvalue weighted by molar-refractivity contribution is 6.33. The summed E-state index contributed by atoms with van der Waals surface area (Å²) in [5, 5.41) is 12.3. The lowest BCUT2D eigenvalue weighted by molar-refractivity contribution is -0.139. The molecule has 2 fully saturated rings. The minimum atomic E-state index is -4.78. The molecule has 2 N–H and O–H groups in total. The minimum absolute atomic E-state index is 0.0595. The Labute approximate surface area is 324 Å². The predicted octanol–water partition coefficient (Wildman–Crippen LogP) is 5.86. The van der Waals surface area contributed by atoms with Crippen LogP contribution in [-0.2, 0) is 27.7 Å². The molecule has 2 amide bonds. The number of phenols is 1. The molecule has 0 unspecified atom stereocenters. The Morgan fingerprint density at radius 2 is 1.66 bits per heavy atom. The molecule has 1 saturated heterocycles. The molecule has 3 aliphatic rings. The van der Waals surface area contributed by atoms with E-state index in [9.17, 15) is 32.7 Å². The lowest BCUT2D eigenvalue weighted by atomic mass is 9.53. The molecule has 4 heterocycles. The summed E-state index contributed by atoms with van der Waals surface area (Å²) in [5.41, 5.74) is -0.852. The molecule has 13 nitrogen and oxygen atoms in total. The molecule has 0 spiro atoms. The number of pyridine rings is 1. The van der Waals surface area contributed by atoms with Gasteiger partial charge in [0.05, 0.1) is 54.4 Å². The summed E-state index contributed by atoms with van der Waals surface area (Å²) in [6.45, 7) is -0.133. The summed E-state index contributed by atoms with van der Waals surface area (Å²) < 4.78 is 55.2. The van der Waals surface area contributed by atoms with Crippen LogP contribution in [0.4, 0.5) is 19.0 Å². The van der Waals surface area contributed by atoms with E-state index < -0.39 is 69.1 Å². The van der Waals surface area contributed by atoms with Gasteiger partial charge in [0.15, 0.2) is 5.82 Å². The average Bonchev–Trinajstić information content (AvgIpc) is 3.56. The molecule has 18 heteroatoms. The van der Waals surface area contributed by atoms with Gasteiger partial charge in [0.25, 0.3) is 11.8 Å². The van der Waals surface area contributed by atoms with Crippen LogP contribution in [0.25, 0.3) is 5.69 Å². The fraction of sp³-hybridized carbons (Fsp3) is 0.237. The Hall–Kier alpha value is -6.00. The average molecular weight is 810 g/mol. The number of halogens is 5. The van der Waals surface area contributed by atoms with Crippen molar-refractivity contribution in [1.82, 2.24) is 23.9 Å². The van der Waals surface area contributed by atoms with Gasteiger partial charge in [-0.2, -0.15) is 18.2 Å². The van der Waals surface area contributed by atoms with Gasteiger partial charge < -0.3 is 14.6 Å². The molecule has 8 rings (SSSR count). The zero-order valence-corrected chi connectivity index (χ0v) is 30.8. The number of nitrogens with one attached hydrogen (secondary N) is 1. The van der Waals surface area contributed by atoms with Crippen molar-refractivity contribution in [1.29, 1.82) is 0 Å². The summed E-state index contributed by atoms with van der Waals surface area (Å²) in [5.74, 6) is -4.91. The van der Waals surface area contributed by atoms with Crippen LogP contribution < -0.4 is 26.3 Å². The lowest BCUT2D eigenvalue weighted by Gasteiger charge is -2.49. The van der Waals surface area contributed by atoms with Gasteiger partial charge in [-0.25, -0.2) is 28.5 Å². The van der Waals surface area contributed by atoms with Crippen LogP contribution in [-0.4, -0.2) is 55.1 Å². The number of hydrogen-bond acceptors (Lipinski definition) is 9. The highest BCUT2D eigenvalue weighted by Gasteiger charge is 2.69. The molecule has 288 valence electrons. The normalized spacial score (nSPS) is 21.6. The number of hydrazine groups is 1. The zero-order chi connectivity index (χ0) is 39.8. The summed E-state index contributed by atoms with van der Waals surface area (Å²) in [6, 6.07) is 16.8. The van der Waals surface area contributed by atoms with Gasteiger partial charge in [0, 0.05) is 34.8 Å². The summed E-state index contributed by atoms with van der Waals surface area (Å²) >= 11 is 12.6. The number of fused-ring (bicyclic) bond motifs is 4. The fourth-order valence-corrected chi connectivity index (χ4v) is 8.66.